The summed E-state index contributed by atoms with van der Waals surface area (Å²) >= 11 is 3.52. The standard InChI is InChI=1S/C21H25BrN2O3/c1-14-10-18(11-15(2)20(14)22)27-13-19(25)24(16(3)21(26)23-4)12-17-8-6-5-7-9-17/h5-11,16H,12-13H2,1-4H3,(H,23,26)/t16-/m1/s1. The van der Waals surface area contributed by atoms with Gasteiger partial charge in [-0.25, -0.2) is 0 Å². The quantitative estimate of drug-likeness (QED) is 0.726. The van der Waals surface area contributed by atoms with Crippen molar-refractivity contribution in [2.24, 2.45) is 0 Å². The van der Waals surface area contributed by atoms with Crippen molar-refractivity contribution in [2.45, 2.75) is 33.4 Å². The Labute approximate surface area is 168 Å². The predicted octanol–water partition coefficient (Wildman–Crippen LogP) is 3.61. The number of benzene rings is 2. The Balaban J connectivity index is 2.14. The number of hydrogen-bond acceptors (Lipinski definition) is 3. The Kier molecular flexibility index (Phi) is 7.42. The molecule has 0 saturated heterocycles. The number of aryl methyl sites for hydroxylation is 2. The van der Waals surface area contributed by atoms with E-state index in [1.54, 1.807) is 14.0 Å². The van der Waals surface area contributed by atoms with Crippen molar-refractivity contribution in [1.29, 1.82) is 0 Å². The molecule has 0 spiro atoms. The fourth-order valence-corrected chi connectivity index (χ4v) is 3.02. The molecule has 0 saturated carbocycles. The Hall–Kier alpha value is -2.34. The molecule has 0 aliphatic rings. The molecule has 6 heteroatoms. The molecule has 0 aliphatic carbocycles. The van der Waals surface area contributed by atoms with E-state index in [4.69, 9.17) is 4.74 Å². The van der Waals surface area contributed by atoms with Gasteiger partial charge in [0.25, 0.3) is 5.91 Å². The van der Waals surface area contributed by atoms with Crippen LogP contribution in [0.15, 0.2) is 46.9 Å². The van der Waals surface area contributed by atoms with Gasteiger partial charge in [-0.15, -0.1) is 0 Å². The maximum Gasteiger partial charge on any atom is 0.261 e. The Bertz CT molecular complexity index is 785. The minimum atomic E-state index is -0.598. The number of amides is 2. The van der Waals surface area contributed by atoms with Gasteiger partial charge in [-0.05, 0) is 49.6 Å². The Morgan fingerprint density at radius 3 is 2.30 bits per heavy atom. The van der Waals surface area contributed by atoms with Gasteiger partial charge in [0, 0.05) is 18.1 Å². The van der Waals surface area contributed by atoms with Gasteiger partial charge in [0.1, 0.15) is 11.8 Å². The van der Waals surface area contributed by atoms with Crippen molar-refractivity contribution < 1.29 is 14.3 Å². The van der Waals surface area contributed by atoms with Crippen LogP contribution < -0.4 is 10.1 Å². The van der Waals surface area contributed by atoms with Gasteiger partial charge in [0.15, 0.2) is 6.61 Å². The van der Waals surface area contributed by atoms with Crippen molar-refractivity contribution in [3.63, 3.8) is 0 Å². The van der Waals surface area contributed by atoms with E-state index in [1.807, 2.05) is 56.3 Å². The fourth-order valence-electron chi connectivity index (χ4n) is 2.79. The van der Waals surface area contributed by atoms with Crippen LogP contribution in [0.25, 0.3) is 0 Å². The normalized spacial score (nSPS) is 11.6. The van der Waals surface area contributed by atoms with E-state index in [9.17, 15) is 9.59 Å². The number of likely N-dealkylation sites (N-methyl/N-ethyl adjacent to an activating group) is 1. The van der Waals surface area contributed by atoms with Gasteiger partial charge in [-0.3, -0.25) is 9.59 Å². The molecule has 1 N–H and O–H groups in total. The van der Waals surface area contributed by atoms with Gasteiger partial charge in [0.05, 0.1) is 0 Å². The Morgan fingerprint density at radius 1 is 1.15 bits per heavy atom. The first-order valence-corrected chi connectivity index (χ1v) is 9.57. The molecule has 0 bridgehead atoms. The van der Waals surface area contributed by atoms with E-state index in [0.717, 1.165) is 21.2 Å². The first-order valence-electron chi connectivity index (χ1n) is 8.78. The highest BCUT2D eigenvalue weighted by Gasteiger charge is 2.25. The molecule has 0 aliphatic heterocycles. The number of hydrogen-bond donors (Lipinski definition) is 1. The van der Waals surface area contributed by atoms with Crippen LogP contribution >= 0.6 is 15.9 Å². The minimum Gasteiger partial charge on any atom is -0.484 e. The second-order valence-corrected chi connectivity index (χ2v) is 7.25. The molecule has 2 amide bonds. The van der Waals surface area contributed by atoms with Gasteiger partial charge in [-0.2, -0.15) is 0 Å². The van der Waals surface area contributed by atoms with Crippen LogP contribution in [-0.4, -0.2) is 36.4 Å². The zero-order valence-electron chi connectivity index (χ0n) is 16.1. The van der Waals surface area contributed by atoms with E-state index in [-0.39, 0.29) is 18.4 Å². The van der Waals surface area contributed by atoms with Crippen molar-refractivity contribution in [2.75, 3.05) is 13.7 Å². The van der Waals surface area contributed by atoms with Gasteiger partial charge < -0.3 is 15.0 Å². The van der Waals surface area contributed by atoms with E-state index >= 15 is 0 Å². The second kappa shape index (κ2) is 9.55. The summed E-state index contributed by atoms with van der Waals surface area (Å²) in [4.78, 5) is 26.5. The minimum absolute atomic E-state index is 0.130. The third-order valence-corrected chi connectivity index (χ3v) is 5.63. The van der Waals surface area contributed by atoms with E-state index in [0.29, 0.717) is 12.3 Å². The van der Waals surface area contributed by atoms with Crippen LogP contribution in [0.2, 0.25) is 0 Å². The van der Waals surface area contributed by atoms with Crippen LogP contribution in [0.1, 0.15) is 23.6 Å². The Morgan fingerprint density at radius 2 is 1.74 bits per heavy atom. The summed E-state index contributed by atoms with van der Waals surface area (Å²) in [6.45, 7) is 5.88. The summed E-state index contributed by atoms with van der Waals surface area (Å²) in [6.07, 6.45) is 0. The largest absolute Gasteiger partial charge is 0.484 e. The molecule has 0 unspecified atom stereocenters. The lowest BCUT2D eigenvalue weighted by Gasteiger charge is -2.28. The lowest BCUT2D eigenvalue weighted by atomic mass is 10.1. The molecule has 0 heterocycles. The first-order chi connectivity index (χ1) is 12.8. The number of carbonyl (C=O) groups excluding carboxylic acids is 2. The third-order valence-electron chi connectivity index (χ3n) is 4.38. The van der Waals surface area contributed by atoms with E-state index in [1.165, 1.54) is 4.90 Å². The monoisotopic (exact) mass is 432 g/mol. The third kappa shape index (κ3) is 5.57. The zero-order chi connectivity index (χ0) is 20.0. The maximum atomic E-state index is 12.8. The molecular formula is C21H25BrN2O3. The highest BCUT2D eigenvalue weighted by Crippen LogP contribution is 2.26. The molecule has 144 valence electrons. The SMILES string of the molecule is CNC(=O)[C@@H](C)N(Cc1ccccc1)C(=O)COc1cc(C)c(Br)c(C)c1. The summed E-state index contributed by atoms with van der Waals surface area (Å²) in [5.41, 5.74) is 3.03. The summed E-state index contributed by atoms with van der Waals surface area (Å²) < 4.78 is 6.75. The molecular weight excluding hydrogens is 408 g/mol. The number of nitrogens with one attached hydrogen (secondary N) is 1. The highest BCUT2D eigenvalue weighted by molar-refractivity contribution is 9.10. The van der Waals surface area contributed by atoms with Crippen molar-refractivity contribution in [3.05, 3.63) is 63.6 Å². The lowest BCUT2D eigenvalue weighted by molar-refractivity contribution is -0.142. The number of rotatable bonds is 7. The summed E-state index contributed by atoms with van der Waals surface area (Å²) in [5, 5.41) is 2.60. The zero-order valence-corrected chi connectivity index (χ0v) is 17.7. The number of ether oxygens (including phenoxy) is 1. The van der Waals surface area contributed by atoms with Crippen LogP contribution in [0.3, 0.4) is 0 Å². The number of halogens is 1. The molecule has 0 aromatic heterocycles. The molecule has 27 heavy (non-hydrogen) atoms. The second-order valence-electron chi connectivity index (χ2n) is 6.46. The smallest absolute Gasteiger partial charge is 0.261 e. The number of carbonyl (C=O) groups is 2. The highest BCUT2D eigenvalue weighted by atomic mass is 79.9. The fraction of sp³-hybridized carbons (Fsp3) is 0.333. The van der Waals surface area contributed by atoms with Crippen LogP contribution in [0, 0.1) is 13.8 Å². The number of nitrogens with zero attached hydrogens (tertiary/aromatic N) is 1. The van der Waals surface area contributed by atoms with Gasteiger partial charge in [0.2, 0.25) is 5.91 Å². The molecule has 2 aromatic carbocycles. The molecule has 2 aromatic rings. The molecule has 1 atom stereocenters. The average molecular weight is 433 g/mol. The maximum absolute atomic E-state index is 12.8. The molecule has 5 nitrogen and oxygen atoms in total. The summed E-state index contributed by atoms with van der Waals surface area (Å²) in [7, 11) is 1.56. The van der Waals surface area contributed by atoms with E-state index < -0.39 is 6.04 Å². The van der Waals surface area contributed by atoms with Crippen LogP contribution in [0.5, 0.6) is 5.75 Å². The topological polar surface area (TPSA) is 58.6 Å². The van der Waals surface area contributed by atoms with Crippen molar-refractivity contribution in [1.82, 2.24) is 10.2 Å². The molecule has 0 radical (unpaired) electrons. The lowest BCUT2D eigenvalue weighted by Crippen LogP contribution is -2.48. The molecule has 2 rings (SSSR count). The first kappa shape index (κ1) is 21.0. The average Bonchev–Trinajstić information content (AvgIpc) is 2.67. The van der Waals surface area contributed by atoms with Crippen LogP contribution in [0.4, 0.5) is 0 Å². The van der Waals surface area contributed by atoms with Gasteiger partial charge >= 0.3 is 0 Å². The van der Waals surface area contributed by atoms with Crippen molar-refractivity contribution >= 4 is 27.7 Å². The van der Waals surface area contributed by atoms with Crippen LogP contribution in [-0.2, 0) is 16.1 Å². The van der Waals surface area contributed by atoms with Gasteiger partial charge in [-0.1, -0.05) is 46.3 Å². The van der Waals surface area contributed by atoms with Crippen molar-refractivity contribution in [3.8, 4) is 5.75 Å². The van der Waals surface area contributed by atoms with E-state index in [2.05, 4.69) is 21.2 Å². The predicted molar refractivity (Wildman–Crippen MR) is 110 cm³/mol. The molecule has 0 fully saturated rings. The summed E-state index contributed by atoms with van der Waals surface area (Å²) in [6, 6.07) is 12.8. The summed E-state index contributed by atoms with van der Waals surface area (Å²) in [5.74, 6) is 0.177.